The van der Waals surface area contributed by atoms with Crippen LogP contribution in [0.3, 0.4) is 0 Å². The van der Waals surface area contributed by atoms with Crippen LogP contribution in [0.25, 0.3) is 0 Å². The van der Waals surface area contributed by atoms with Crippen molar-refractivity contribution in [1.29, 1.82) is 0 Å². The molecule has 3 heteroatoms. The fraction of sp³-hybridized carbons (Fsp3) is 0.417. The molecule has 0 saturated heterocycles. The molecule has 1 unspecified atom stereocenters. The number of Topliss-reactive ketones (excluding diaryl/α,β-unsaturated/α-hetero) is 1. The number of carbonyl (C=O) groups is 1. The number of aromatic hydroxyl groups is 1. The van der Waals surface area contributed by atoms with Gasteiger partial charge in [-0.25, -0.2) is 0 Å². The van der Waals surface area contributed by atoms with Crippen molar-refractivity contribution in [1.82, 2.24) is 0 Å². The molecule has 1 aliphatic carbocycles. The van der Waals surface area contributed by atoms with Crippen LogP contribution in [0.4, 0.5) is 0 Å². The maximum Gasteiger partial charge on any atom is 0.163 e. The molecular weight excluding hydrogens is 192 g/mol. The largest absolute Gasteiger partial charge is 0.507 e. The van der Waals surface area contributed by atoms with E-state index in [1.165, 1.54) is 6.92 Å². The number of phenols is 1. The predicted octanol–water partition coefficient (Wildman–Crippen LogP) is 1.30. The summed E-state index contributed by atoms with van der Waals surface area (Å²) in [5.41, 5.74) is 2.27. The third-order valence-electron chi connectivity index (χ3n) is 3.02. The fourth-order valence-electron chi connectivity index (χ4n) is 2.18. The average molecular weight is 206 g/mol. The van der Waals surface area contributed by atoms with Gasteiger partial charge in [-0.1, -0.05) is 6.07 Å². The van der Waals surface area contributed by atoms with E-state index in [1.807, 2.05) is 6.07 Å². The van der Waals surface area contributed by atoms with Crippen LogP contribution in [-0.2, 0) is 12.8 Å². The minimum atomic E-state index is -0.122. The molecule has 0 saturated carbocycles. The lowest BCUT2D eigenvalue weighted by Crippen LogP contribution is -2.04. The van der Waals surface area contributed by atoms with Crippen molar-refractivity contribution in [3.8, 4) is 5.75 Å². The van der Waals surface area contributed by atoms with Crippen LogP contribution in [0.15, 0.2) is 12.1 Å². The van der Waals surface area contributed by atoms with Crippen LogP contribution in [0.5, 0.6) is 5.75 Å². The number of ketones is 1. The van der Waals surface area contributed by atoms with Crippen LogP contribution in [0.1, 0.15) is 28.4 Å². The van der Waals surface area contributed by atoms with Crippen molar-refractivity contribution in [2.24, 2.45) is 5.92 Å². The summed E-state index contributed by atoms with van der Waals surface area (Å²) in [6, 6.07) is 3.54. The summed E-state index contributed by atoms with van der Waals surface area (Å²) in [4.78, 5) is 11.2. The minimum absolute atomic E-state index is 0.107. The van der Waals surface area contributed by atoms with E-state index < -0.39 is 0 Å². The SMILES string of the molecule is CC(=O)c1ccc2c(c1O)CC(CO)C2. The maximum atomic E-state index is 11.2. The lowest BCUT2D eigenvalue weighted by atomic mass is 10.0. The molecule has 0 radical (unpaired) electrons. The van der Waals surface area contributed by atoms with Gasteiger partial charge in [0.25, 0.3) is 0 Å². The number of aliphatic hydroxyl groups excluding tert-OH is 1. The van der Waals surface area contributed by atoms with Crippen molar-refractivity contribution in [3.63, 3.8) is 0 Å². The van der Waals surface area contributed by atoms with Gasteiger partial charge in [-0.05, 0) is 42.9 Å². The number of rotatable bonds is 2. The van der Waals surface area contributed by atoms with Gasteiger partial charge >= 0.3 is 0 Å². The normalized spacial score (nSPS) is 18.9. The van der Waals surface area contributed by atoms with Gasteiger partial charge in [0.15, 0.2) is 5.78 Å². The number of phenolic OH excluding ortho intramolecular Hbond substituents is 1. The van der Waals surface area contributed by atoms with Crippen molar-refractivity contribution in [2.75, 3.05) is 6.61 Å². The highest BCUT2D eigenvalue weighted by atomic mass is 16.3. The number of hydrogen-bond acceptors (Lipinski definition) is 3. The summed E-state index contributed by atoms with van der Waals surface area (Å²) in [5, 5.41) is 18.9. The van der Waals surface area contributed by atoms with Gasteiger partial charge in [0.2, 0.25) is 0 Å². The summed E-state index contributed by atoms with van der Waals surface area (Å²) in [5.74, 6) is 0.173. The summed E-state index contributed by atoms with van der Waals surface area (Å²) < 4.78 is 0. The van der Waals surface area contributed by atoms with Crippen molar-refractivity contribution in [3.05, 3.63) is 28.8 Å². The van der Waals surface area contributed by atoms with E-state index in [9.17, 15) is 9.90 Å². The zero-order valence-corrected chi connectivity index (χ0v) is 8.66. The Balaban J connectivity index is 2.44. The molecule has 0 spiro atoms. The van der Waals surface area contributed by atoms with Crippen LogP contribution in [0.2, 0.25) is 0 Å². The van der Waals surface area contributed by atoms with Gasteiger partial charge in [-0.3, -0.25) is 4.79 Å². The number of carbonyl (C=O) groups excluding carboxylic acids is 1. The maximum absolute atomic E-state index is 11.2. The molecule has 2 N–H and O–H groups in total. The first kappa shape index (κ1) is 10.2. The molecule has 0 bridgehead atoms. The lowest BCUT2D eigenvalue weighted by Gasteiger charge is -2.06. The summed E-state index contributed by atoms with van der Waals surface area (Å²) in [7, 11) is 0. The predicted molar refractivity (Wildman–Crippen MR) is 56.1 cm³/mol. The number of fused-ring (bicyclic) bond motifs is 1. The molecule has 0 fully saturated rings. The summed E-state index contributed by atoms with van der Waals surface area (Å²) >= 11 is 0. The second kappa shape index (κ2) is 3.66. The van der Waals surface area contributed by atoms with Crippen LogP contribution >= 0.6 is 0 Å². The quantitative estimate of drug-likeness (QED) is 0.717. The Bertz CT molecular complexity index is 410. The number of benzene rings is 1. The smallest absolute Gasteiger partial charge is 0.163 e. The first-order valence-electron chi connectivity index (χ1n) is 5.09. The van der Waals surface area contributed by atoms with E-state index in [2.05, 4.69) is 0 Å². The third-order valence-corrected chi connectivity index (χ3v) is 3.02. The second-order valence-electron chi connectivity index (χ2n) is 4.11. The van der Waals surface area contributed by atoms with E-state index >= 15 is 0 Å². The molecule has 2 rings (SSSR count). The van der Waals surface area contributed by atoms with Gasteiger partial charge < -0.3 is 10.2 Å². The third kappa shape index (κ3) is 1.63. The molecule has 0 heterocycles. The van der Waals surface area contributed by atoms with Gasteiger partial charge in [0, 0.05) is 6.61 Å². The molecule has 3 nitrogen and oxygen atoms in total. The zero-order valence-electron chi connectivity index (χ0n) is 8.66. The first-order chi connectivity index (χ1) is 7.13. The van der Waals surface area contributed by atoms with Gasteiger partial charge in [-0.2, -0.15) is 0 Å². The minimum Gasteiger partial charge on any atom is -0.507 e. The van der Waals surface area contributed by atoms with E-state index in [1.54, 1.807) is 6.07 Å². The van der Waals surface area contributed by atoms with E-state index in [0.717, 1.165) is 17.5 Å². The Labute approximate surface area is 88.4 Å². The fourth-order valence-corrected chi connectivity index (χ4v) is 2.18. The van der Waals surface area contributed by atoms with Crippen molar-refractivity contribution < 1.29 is 15.0 Å². The highest BCUT2D eigenvalue weighted by Crippen LogP contribution is 2.35. The number of hydrogen-bond donors (Lipinski definition) is 2. The van der Waals surface area contributed by atoms with E-state index in [4.69, 9.17) is 5.11 Å². The van der Waals surface area contributed by atoms with Gasteiger partial charge in [0.1, 0.15) is 5.75 Å². The highest BCUT2D eigenvalue weighted by Gasteiger charge is 2.25. The van der Waals surface area contributed by atoms with Crippen molar-refractivity contribution in [2.45, 2.75) is 19.8 Å². The molecule has 0 amide bonds. The topological polar surface area (TPSA) is 57.5 Å². The first-order valence-corrected chi connectivity index (χ1v) is 5.09. The highest BCUT2D eigenvalue weighted by molar-refractivity contribution is 5.97. The standard InChI is InChI=1S/C12H14O3/c1-7(14)10-3-2-9-4-8(6-13)5-11(9)12(10)15/h2-3,8,13,15H,4-6H2,1H3. The molecule has 15 heavy (non-hydrogen) atoms. The van der Waals surface area contributed by atoms with Gasteiger partial charge in [0.05, 0.1) is 5.56 Å². The average Bonchev–Trinajstić information content (AvgIpc) is 2.61. The molecule has 80 valence electrons. The van der Waals surface area contributed by atoms with E-state index in [0.29, 0.717) is 12.0 Å². The lowest BCUT2D eigenvalue weighted by molar-refractivity contribution is 0.101. The Morgan fingerprint density at radius 2 is 2.20 bits per heavy atom. The van der Waals surface area contributed by atoms with Gasteiger partial charge in [-0.15, -0.1) is 0 Å². The molecule has 1 atom stereocenters. The molecular formula is C12H14O3. The van der Waals surface area contributed by atoms with Crippen LogP contribution in [0, 0.1) is 5.92 Å². The monoisotopic (exact) mass is 206 g/mol. The molecule has 0 aliphatic heterocycles. The Morgan fingerprint density at radius 3 is 2.80 bits per heavy atom. The molecule has 1 aromatic carbocycles. The second-order valence-corrected chi connectivity index (χ2v) is 4.11. The van der Waals surface area contributed by atoms with Crippen LogP contribution < -0.4 is 0 Å². The molecule has 1 aliphatic rings. The summed E-state index contributed by atoms with van der Waals surface area (Å²) in [6.45, 7) is 1.57. The van der Waals surface area contributed by atoms with Crippen LogP contribution in [-0.4, -0.2) is 22.6 Å². The summed E-state index contributed by atoms with van der Waals surface area (Å²) in [6.07, 6.45) is 1.45. The number of aliphatic hydroxyl groups is 1. The van der Waals surface area contributed by atoms with E-state index in [-0.39, 0.29) is 24.1 Å². The molecule has 0 aromatic heterocycles. The Morgan fingerprint density at radius 1 is 1.47 bits per heavy atom. The Hall–Kier alpha value is -1.35. The molecule has 1 aromatic rings. The van der Waals surface area contributed by atoms with Crippen molar-refractivity contribution >= 4 is 5.78 Å². The Kier molecular flexibility index (Phi) is 2.49. The zero-order chi connectivity index (χ0) is 11.0.